The number of nitrogens with zero attached hydrogens (tertiary/aromatic N) is 2. The zero-order chi connectivity index (χ0) is 19.3. The third kappa shape index (κ3) is 5.94. The van der Waals surface area contributed by atoms with Crippen LogP contribution in [-0.4, -0.2) is 33.7 Å². The first kappa shape index (κ1) is 19.6. The summed E-state index contributed by atoms with van der Waals surface area (Å²) in [7, 11) is 0. The molecule has 26 heavy (non-hydrogen) atoms. The summed E-state index contributed by atoms with van der Waals surface area (Å²) in [4.78, 5) is 27.9. The van der Waals surface area contributed by atoms with Gasteiger partial charge in [0, 0.05) is 17.5 Å². The van der Waals surface area contributed by atoms with E-state index < -0.39 is 17.6 Å². The summed E-state index contributed by atoms with van der Waals surface area (Å²) in [5, 5.41) is 6.54. The van der Waals surface area contributed by atoms with E-state index in [-0.39, 0.29) is 30.5 Å². The Balaban J connectivity index is 1.84. The molecule has 0 spiro atoms. The molecule has 0 aliphatic rings. The van der Waals surface area contributed by atoms with Crippen molar-refractivity contribution in [1.29, 1.82) is 0 Å². The van der Waals surface area contributed by atoms with Crippen molar-refractivity contribution in [2.24, 2.45) is 0 Å². The first-order valence-corrected chi connectivity index (χ1v) is 8.24. The van der Waals surface area contributed by atoms with Crippen molar-refractivity contribution in [3.63, 3.8) is 0 Å². The lowest BCUT2D eigenvalue weighted by Crippen LogP contribution is -2.46. The van der Waals surface area contributed by atoms with Gasteiger partial charge in [-0.3, -0.25) is 9.59 Å². The van der Waals surface area contributed by atoms with E-state index >= 15 is 0 Å². The zero-order valence-electron chi connectivity index (χ0n) is 15.2. The molecule has 1 heterocycles. The smallest absolute Gasteiger partial charge is 0.307 e. The number of amides is 1. The second-order valence-electron chi connectivity index (χ2n) is 6.89. The van der Waals surface area contributed by atoms with Gasteiger partial charge in [0.25, 0.3) is 5.91 Å². The quantitative estimate of drug-likeness (QED) is 0.793. The summed E-state index contributed by atoms with van der Waals surface area (Å²) in [5.74, 6) is -0.686. The van der Waals surface area contributed by atoms with Crippen LogP contribution in [0.1, 0.15) is 40.0 Å². The molecule has 1 aromatic carbocycles. The van der Waals surface area contributed by atoms with Gasteiger partial charge >= 0.3 is 5.97 Å². The highest BCUT2D eigenvalue weighted by molar-refractivity contribution is 5.83. The van der Waals surface area contributed by atoms with Gasteiger partial charge in [-0.05, 0) is 52.0 Å². The predicted octanol–water partition coefficient (Wildman–Crippen LogP) is 2.65. The second-order valence-corrected chi connectivity index (χ2v) is 6.89. The standard InChI is InChI=1S/C18H22FN3O4/c1-11(17(24)21-18(2,3)4)25-15(23)10-9-14-20-16(22-26-14)12-5-7-13(19)8-6-12/h5-8,11H,9-10H2,1-4H3,(H,21,24)/t11-/m0/s1. The number of halogens is 1. The van der Waals surface area contributed by atoms with Gasteiger partial charge in [-0.15, -0.1) is 0 Å². The van der Waals surface area contributed by atoms with Gasteiger partial charge in [-0.2, -0.15) is 4.98 Å². The topological polar surface area (TPSA) is 94.3 Å². The third-order valence-electron chi connectivity index (χ3n) is 3.29. The molecule has 0 saturated carbocycles. The fourth-order valence-corrected chi connectivity index (χ4v) is 2.06. The Labute approximate surface area is 150 Å². The van der Waals surface area contributed by atoms with Crippen LogP contribution in [0.5, 0.6) is 0 Å². The number of hydrogen-bond acceptors (Lipinski definition) is 6. The van der Waals surface area contributed by atoms with Crippen LogP contribution >= 0.6 is 0 Å². The number of aromatic nitrogens is 2. The minimum Gasteiger partial charge on any atom is -0.453 e. The van der Waals surface area contributed by atoms with Crippen molar-refractivity contribution in [3.8, 4) is 11.4 Å². The van der Waals surface area contributed by atoms with Gasteiger partial charge < -0.3 is 14.6 Å². The van der Waals surface area contributed by atoms with E-state index in [9.17, 15) is 14.0 Å². The molecule has 7 nitrogen and oxygen atoms in total. The minimum atomic E-state index is -0.890. The molecule has 0 fully saturated rings. The van der Waals surface area contributed by atoms with E-state index in [1.807, 2.05) is 20.8 Å². The van der Waals surface area contributed by atoms with E-state index in [1.54, 1.807) is 0 Å². The van der Waals surface area contributed by atoms with Gasteiger partial charge in [-0.1, -0.05) is 5.16 Å². The van der Waals surface area contributed by atoms with E-state index in [1.165, 1.54) is 31.2 Å². The molecule has 0 radical (unpaired) electrons. The van der Waals surface area contributed by atoms with Crippen LogP contribution in [-0.2, 0) is 20.7 Å². The fourth-order valence-electron chi connectivity index (χ4n) is 2.06. The summed E-state index contributed by atoms with van der Waals surface area (Å²) in [5.41, 5.74) is 0.203. The van der Waals surface area contributed by atoms with Crippen LogP contribution in [0.2, 0.25) is 0 Å². The van der Waals surface area contributed by atoms with Crippen molar-refractivity contribution >= 4 is 11.9 Å². The molecule has 0 aliphatic carbocycles. The maximum absolute atomic E-state index is 12.9. The van der Waals surface area contributed by atoms with Crippen LogP contribution in [0.25, 0.3) is 11.4 Å². The van der Waals surface area contributed by atoms with E-state index in [2.05, 4.69) is 15.5 Å². The number of carbonyl (C=O) groups is 2. The Bertz CT molecular complexity index is 765. The Morgan fingerprint density at radius 1 is 1.27 bits per heavy atom. The first-order chi connectivity index (χ1) is 12.1. The molecular formula is C18H22FN3O4. The summed E-state index contributed by atoms with van der Waals surface area (Å²) >= 11 is 0. The SMILES string of the molecule is C[C@H](OC(=O)CCc1nc(-c2ccc(F)cc2)no1)C(=O)NC(C)(C)C. The number of nitrogens with one attached hydrogen (secondary N) is 1. The number of esters is 1. The maximum Gasteiger partial charge on any atom is 0.307 e. The van der Waals surface area contributed by atoms with E-state index in [0.29, 0.717) is 11.4 Å². The molecule has 1 atom stereocenters. The minimum absolute atomic E-state index is 0.00180. The van der Waals surface area contributed by atoms with Crippen molar-refractivity contribution < 1.29 is 23.2 Å². The lowest BCUT2D eigenvalue weighted by Gasteiger charge is -2.23. The molecule has 2 aromatic rings. The van der Waals surface area contributed by atoms with Gasteiger partial charge in [0.05, 0.1) is 6.42 Å². The molecule has 8 heteroatoms. The van der Waals surface area contributed by atoms with Gasteiger partial charge in [-0.25, -0.2) is 4.39 Å². The van der Waals surface area contributed by atoms with E-state index in [4.69, 9.17) is 9.26 Å². The number of carbonyl (C=O) groups excluding carboxylic acids is 2. The summed E-state index contributed by atoms with van der Waals surface area (Å²) in [6.07, 6.45) is -0.710. The first-order valence-electron chi connectivity index (χ1n) is 8.24. The highest BCUT2D eigenvalue weighted by Crippen LogP contribution is 2.16. The van der Waals surface area contributed by atoms with Crippen molar-refractivity contribution in [2.75, 3.05) is 0 Å². The average molecular weight is 363 g/mol. The molecule has 1 aromatic heterocycles. The predicted molar refractivity (Wildman–Crippen MR) is 91.5 cm³/mol. The van der Waals surface area contributed by atoms with Crippen LogP contribution in [0.3, 0.4) is 0 Å². The lowest BCUT2D eigenvalue weighted by atomic mass is 10.1. The van der Waals surface area contributed by atoms with Gasteiger partial charge in [0.1, 0.15) is 5.82 Å². The summed E-state index contributed by atoms with van der Waals surface area (Å²) < 4.78 is 23.1. The molecule has 0 unspecified atom stereocenters. The van der Waals surface area contributed by atoms with Crippen molar-refractivity contribution in [2.45, 2.75) is 52.2 Å². The van der Waals surface area contributed by atoms with E-state index in [0.717, 1.165) is 0 Å². The zero-order valence-corrected chi connectivity index (χ0v) is 15.2. The molecule has 1 N–H and O–H groups in total. The number of hydrogen-bond donors (Lipinski definition) is 1. The monoisotopic (exact) mass is 363 g/mol. The molecule has 0 bridgehead atoms. The normalized spacial score (nSPS) is 12.5. The van der Waals surface area contributed by atoms with Crippen molar-refractivity contribution in [3.05, 3.63) is 36.0 Å². The maximum atomic E-state index is 12.9. The average Bonchev–Trinajstić information content (AvgIpc) is 3.01. The van der Waals surface area contributed by atoms with Gasteiger partial charge in [0.15, 0.2) is 6.10 Å². The molecule has 0 aliphatic heterocycles. The number of ether oxygens (including phenoxy) is 1. The van der Waals surface area contributed by atoms with Crippen LogP contribution < -0.4 is 5.32 Å². The van der Waals surface area contributed by atoms with Crippen LogP contribution in [0.4, 0.5) is 4.39 Å². The fraction of sp³-hybridized carbons (Fsp3) is 0.444. The summed E-state index contributed by atoms with van der Waals surface area (Å²) in [6.45, 7) is 7.04. The summed E-state index contributed by atoms with van der Waals surface area (Å²) in [6, 6.07) is 5.67. The molecule has 140 valence electrons. The van der Waals surface area contributed by atoms with Gasteiger partial charge in [0.2, 0.25) is 11.7 Å². The lowest BCUT2D eigenvalue weighted by molar-refractivity contribution is -0.155. The molecular weight excluding hydrogens is 341 g/mol. The van der Waals surface area contributed by atoms with Crippen molar-refractivity contribution in [1.82, 2.24) is 15.5 Å². The highest BCUT2D eigenvalue weighted by Gasteiger charge is 2.22. The Kier molecular flexibility index (Phi) is 6.07. The van der Waals surface area contributed by atoms with Crippen LogP contribution in [0, 0.1) is 5.82 Å². The largest absolute Gasteiger partial charge is 0.453 e. The number of aryl methyl sites for hydroxylation is 1. The molecule has 1 amide bonds. The number of benzene rings is 1. The molecule has 0 saturated heterocycles. The number of rotatable bonds is 6. The molecule has 2 rings (SSSR count). The Morgan fingerprint density at radius 2 is 1.92 bits per heavy atom. The Hall–Kier alpha value is -2.77. The highest BCUT2D eigenvalue weighted by atomic mass is 19.1. The third-order valence-corrected chi connectivity index (χ3v) is 3.29. The Morgan fingerprint density at radius 3 is 2.54 bits per heavy atom. The second kappa shape index (κ2) is 8.07. The van der Waals surface area contributed by atoms with Crippen LogP contribution in [0.15, 0.2) is 28.8 Å².